The fourth-order valence-electron chi connectivity index (χ4n) is 1.62. The van der Waals surface area contributed by atoms with E-state index in [0.29, 0.717) is 18.0 Å². The van der Waals surface area contributed by atoms with Crippen LogP contribution < -0.4 is 10.0 Å². The average Bonchev–Trinajstić information content (AvgIpc) is 2.43. The molecule has 130 valence electrons. The molecule has 0 aliphatic rings. The monoisotopic (exact) mass is 352 g/mol. The van der Waals surface area contributed by atoms with Gasteiger partial charge >= 0.3 is 6.18 Å². The summed E-state index contributed by atoms with van der Waals surface area (Å²) in [5.74, 6) is 0.178. The zero-order valence-corrected chi connectivity index (χ0v) is 13.6. The highest BCUT2D eigenvalue weighted by atomic mass is 32.2. The van der Waals surface area contributed by atoms with Crippen LogP contribution in [0.1, 0.15) is 26.7 Å². The zero-order valence-electron chi connectivity index (χ0n) is 12.8. The van der Waals surface area contributed by atoms with Crippen molar-refractivity contribution in [3.8, 4) is 0 Å². The highest BCUT2D eigenvalue weighted by molar-refractivity contribution is 7.89. The number of alkyl halides is 3. The van der Waals surface area contributed by atoms with E-state index in [1.807, 2.05) is 13.8 Å². The molecule has 5 nitrogen and oxygen atoms in total. The number of carbonyl (C=O) groups excluding carboxylic acids is 1. The van der Waals surface area contributed by atoms with Gasteiger partial charge < -0.3 is 5.32 Å². The molecule has 0 unspecified atom stereocenters. The molecule has 0 saturated carbocycles. The predicted octanol–water partition coefficient (Wildman–Crippen LogP) is 2.90. The standard InChI is InChI=1S/C14H19F3N2O3S/c1-10(2)3-8-13(20)19-11-4-6-12(7-5-11)23(21,22)18-9-14(15,16)17/h4-7,10,18H,3,8-9H2,1-2H3,(H,19,20). The number of carbonyl (C=O) groups is 1. The second-order valence-corrected chi connectivity index (χ2v) is 7.21. The summed E-state index contributed by atoms with van der Waals surface area (Å²) in [5.41, 5.74) is 0.383. The van der Waals surface area contributed by atoms with Gasteiger partial charge in [0.2, 0.25) is 15.9 Å². The first kappa shape index (κ1) is 19.4. The summed E-state index contributed by atoms with van der Waals surface area (Å²) >= 11 is 0. The van der Waals surface area contributed by atoms with Gasteiger partial charge in [-0.25, -0.2) is 13.1 Å². The molecule has 0 aromatic heterocycles. The molecule has 0 aliphatic heterocycles. The smallest absolute Gasteiger partial charge is 0.326 e. The normalized spacial score (nSPS) is 12.4. The lowest BCUT2D eigenvalue weighted by molar-refractivity contribution is -0.121. The summed E-state index contributed by atoms with van der Waals surface area (Å²) < 4.78 is 61.0. The van der Waals surface area contributed by atoms with Crippen molar-refractivity contribution in [1.82, 2.24) is 4.72 Å². The summed E-state index contributed by atoms with van der Waals surface area (Å²) in [6.45, 7) is 2.34. The lowest BCUT2D eigenvalue weighted by Crippen LogP contribution is -2.33. The van der Waals surface area contributed by atoms with Crippen LogP contribution in [0.4, 0.5) is 18.9 Å². The van der Waals surface area contributed by atoms with E-state index in [1.165, 1.54) is 16.9 Å². The van der Waals surface area contributed by atoms with Gasteiger partial charge in [-0.15, -0.1) is 0 Å². The number of nitrogens with one attached hydrogen (secondary N) is 2. The van der Waals surface area contributed by atoms with Crippen molar-refractivity contribution in [2.24, 2.45) is 5.92 Å². The van der Waals surface area contributed by atoms with Crippen LogP contribution in [0.5, 0.6) is 0 Å². The van der Waals surface area contributed by atoms with Crippen molar-refractivity contribution < 1.29 is 26.4 Å². The van der Waals surface area contributed by atoms with Crippen LogP contribution in [0.25, 0.3) is 0 Å². The van der Waals surface area contributed by atoms with Gasteiger partial charge in [0.1, 0.15) is 6.54 Å². The van der Waals surface area contributed by atoms with Gasteiger partial charge in [0, 0.05) is 12.1 Å². The Bertz CT molecular complexity index is 626. The number of rotatable bonds is 7. The van der Waals surface area contributed by atoms with Gasteiger partial charge in [0.05, 0.1) is 4.90 Å². The molecule has 23 heavy (non-hydrogen) atoms. The quantitative estimate of drug-likeness (QED) is 0.792. The minimum Gasteiger partial charge on any atom is -0.326 e. The minimum absolute atomic E-state index is 0.204. The van der Waals surface area contributed by atoms with Gasteiger partial charge in [0.15, 0.2) is 0 Å². The number of sulfonamides is 1. The van der Waals surface area contributed by atoms with E-state index in [0.717, 1.165) is 18.6 Å². The van der Waals surface area contributed by atoms with Gasteiger partial charge in [-0.3, -0.25) is 4.79 Å². The molecule has 2 N–H and O–H groups in total. The Morgan fingerprint density at radius 2 is 1.74 bits per heavy atom. The van der Waals surface area contributed by atoms with Gasteiger partial charge in [0.25, 0.3) is 0 Å². The number of benzene rings is 1. The van der Waals surface area contributed by atoms with Crippen LogP contribution in [-0.2, 0) is 14.8 Å². The Morgan fingerprint density at radius 3 is 2.22 bits per heavy atom. The first-order chi connectivity index (χ1) is 10.5. The van der Waals surface area contributed by atoms with Crippen LogP contribution in [0.3, 0.4) is 0 Å². The summed E-state index contributed by atoms with van der Waals surface area (Å²) in [4.78, 5) is 11.3. The zero-order chi connectivity index (χ0) is 17.7. The molecule has 0 atom stereocenters. The molecule has 9 heteroatoms. The Kier molecular flexibility index (Phi) is 6.57. The van der Waals surface area contributed by atoms with Crippen molar-refractivity contribution in [2.45, 2.75) is 37.8 Å². The van der Waals surface area contributed by atoms with Crippen molar-refractivity contribution >= 4 is 21.6 Å². The van der Waals surface area contributed by atoms with E-state index in [9.17, 15) is 26.4 Å². The second-order valence-electron chi connectivity index (χ2n) is 5.44. The maximum Gasteiger partial charge on any atom is 0.402 e. The van der Waals surface area contributed by atoms with Crippen molar-refractivity contribution in [3.05, 3.63) is 24.3 Å². The molecule has 0 aliphatic carbocycles. The van der Waals surface area contributed by atoms with Crippen LogP contribution in [-0.4, -0.2) is 27.0 Å². The van der Waals surface area contributed by atoms with Crippen molar-refractivity contribution in [1.29, 1.82) is 0 Å². The molecular formula is C14H19F3N2O3S. The minimum atomic E-state index is -4.63. The molecule has 0 saturated heterocycles. The fraction of sp³-hybridized carbons (Fsp3) is 0.500. The number of hydrogen-bond acceptors (Lipinski definition) is 3. The molecule has 1 amide bonds. The largest absolute Gasteiger partial charge is 0.402 e. The lowest BCUT2D eigenvalue weighted by Gasteiger charge is -2.10. The first-order valence-corrected chi connectivity index (χ1v) is 8.44. The van der Waals surface area contributed by atoms with Crippen LogP contribution in [0, 0.1) is 5.92 Å². The maximum atomic E-state index is 12.1. The molecule has 1 aromatic rings. The number of amides is 1. The molecule has 1 rings (SSSR count). The lowest BCUT2D eigenvalue weighted by atomic mass is 10.1. The summed E-state index contributed by atoms with van der Waals surface area (Å²) in [5, 5.41) is 2.60. The molecular weight excluding hydrogens is 333 g/mol. The van der Waals surface area contributed by atoms with E-state index in [2.05, 4.69) is 5.32 Å². The third-order valence-electron chi connectivity index (χ3n) is 2.86. The third kappa shape index (κ3) is 7.47. The summed E-state index contributed by atoms with van der Waals surface area (Å²) in [6, 6.07) is 4.93. The van der Waals surface area contributed by atoms with Crippen LogP contribution in [0.15, 0.2) is 29.2 Å². The molecule has 0 fully saturated rings. The number of halogens is 3. The number of anilines is 1. The topological polar surface area (TPSA) is 75.3 Å². The molecule has 0 heterocycles. The molecule has 0 spiro atoms. The Balaban J connectivity index is 2.67. The Hall–Kier alpha value is -1.61. The predicted molar refractivity (Wildman–Crippen MR) is 80.4 cm³/mol. The highest BCUT2D eigenvalue weighted by Gasteiger charge is 2.30. The van der Waals surface area contributed by atoms with E-state index in [4.69, 9.17) is 0 Å². The first-order valence-electron chi connectivity index (χ1n) is 6.96. The maximum absolute atomic E-state index is 12.1. The van der Waals surface area contributed by atoms with Crippen molar-refractivity contribution in [3.63, 3.8) is 0 Å². The second kappa shape index (κ2) is 7.78. The van der Waals surface area contributed by atoms with Gasteiger partial charge in [-0.1, -0.05) is 13.8 Å². The summed E-state index contributed by atoms with van der Waals surface area (Å²) in [6.07, 6.45) is -3.57. The fourth-order valence-corrected chi connectivity index (χ4v) is 2.64. The Morgan fingerprint density at radius 1 is 1.17 bits per heavy atom. The van der Waals surface area contributed by atoms with Crippen LogP contribution in [0.2, 0.25) is 0 Å². The SMILES string of the molecule is CC(C)CCC(=O)Nc1ccc(S(=O)(=O)NCC(F)(F)F)cc1. The average molecular weight is 352 g/mol. The van der Waals surface area contributed by atoms with Gasteiger partial charge in [-0.05, 0) is 36.6 Å². The summed E-state index contributed by atoms with van der Waals surface area (Å²) in [7, 11) is -4.24. The molecule has 0 radical (unpaired) electrons. The number of hydrogen-bond donors (Lipinski definition) is 2. The third-order valence-corrected chi connectivity index (χ3v) is 4.28. The van der Waals surface area contributed by atoms with E-state index in [-0.39, 0.29) is 10.8 Å². The highest BCUT2D eigenvalue weighted by Crippen LogP contribution is 2.17. The van der Waals surface area contributed by atoms with E-state index >= 15 is 0 Å². The van der Waals surface area contributed by atoms with Crippen LogP contribution >= 0.6 is 0 Å². The van der Waals surface area contributed by atoms with Crippen molar-refractivity contribution in [2.75, 3.05) is 11.9 Å². The Labute approximate surface area is 133 Å². The molecule has 1 aromatic carbocycles. The molecule has 0 bridgehead atoms. The van der Waals surface area contributed by atoms with Gasteiger partial charge in [-0.2, -0.15) is 13.2 Å². The van der Waals surface area contributed by atoms with E-state index in [1.54, 1.807) is 0 Å². The van der Waals surface area contributed by atoms with E-state index < -0.39 is 22.7 Å².